The van der Waals surface area contributed by atoms with E-state index >= 15 is 0 Å². The monoisotopic (exact) mass is 461 g/mol. The minimum atomic E-state index is -0.793. The maximum absolute atomic E-state index is 11.1. The minimum absolute atomic E-state index is 0.370. The summed E-state index contributed by atoms with van der Waals surface area (Å²) in [5.41, 5.74) is 3.15. The van der Waals surface area contributed by atoms with Crippen molar-refractivity contribution in [2.24, 2.45) is 5.92 Å². The number of likely N-dealkylation sites (tertiary alicyclic amines) is 1. The first-order valence-corrected chi connectivity index (χ1v) is 11.9. The second-order valence-corrected chi connectivity index (χ2v) is 9.33. The minimum Gasteiger partial charge on any atom is -0.490 e. The Kier molecular flexibility index (Phi) is 6.22. The van der Waals surface area contributed by atoms with Crippen LogP contribution in [-0.2, 0) is 15.1 Å². The van der Waals surface area contributed by atoms with Crippen molar-refractivity contribution in [2.45, 2.75) is 38.0 Å². The fraction of sp³-hybridized carbons (Fsp3) is 0.444. The summed E-state index contributed by atoms with van der Waals surface area (Å²) in [6.45, 7) is 4.41. The van der Waals surface area contributed by atoms with Crippen LogP contribution in [0.3, 0.4) is 0 Å². The molecule has 3 aliphatic rings. The van der Waals surface area contributed by atoms with E-state index < -0.39 is 6.23 Å². The molecule has 2 aliphatic heterocycles. The second kappa shape index (κ2) is 9.30. The molecule has 1 spiro atoms. The van der Waals surface area contributed by atoms with Gasteiger partial charge in [0.15, 0.2) is 5.60 Å². The first kappa shape index (κ1) is 22.7. The molecule has 5 rings (SSSR count). The van der Waals surface area contributed by atoms with Crippen LogP contribution in [0.1, 0.15) is 49.2 Å². The third-order valence-corrected chi connectivity index (χ3v) is 7.11. The number of allylic oxidation sites excluding steroid dienone is 3. The second-order valence-electron chi connectivity index (χ2n) is 9.33. The lowest BCUT2D eigenvalue weighted by Gasteiger charge is -2.47. The number of nitriles is 1. The van der Waals surface area contributed by atoms with Crippen molar-refractivity contribution in [3.63, 3.8) is 0 Å². The van der Waals surface area contributed by atoms with Crippen molar-refractivity contribution in [1.29, 1.82) is 5.26 Å². The van der Waals surface area contributed by atoms with E-state index in [1.165, 1.54) is 11.4 Å². The van der Waals surface area contributed by atoms with E-state index in [9.17, 15) is 10.4 Å². The van der Waals surface area contributed by atoms with Gasteiger partial charge in [0.1, 0.15) is 30.4 Å². The molecule has 3 heterocycles. The average Bonchev–Trinajstić information content (AvgIpc) is 3.37. The van der Waals surface area contributed by atoms with Gasteiger partial charge in [0, 0.05) is 39.2 Å². The van der Waals surface area contributed by atoms with E-state index in [-0.39, 0.29) is 5.60 Å². The molecule has 178 valence electrons. The molecule has 2 unspecified atom stereocenters. The summed E-state index contributed by atoms with van der Waals surface area (Å²) in [4.78, 5) is 2.05. The smallest absolute Gasteiger partial charge is 0.152 e. The molecule has 0 amide bonds. The fourth-order valence-electron chi connectivity index (χ4n) is 5.24. The van der Waals surface area contributed by atoms with E-state index in [0.29, 0.717) is 49.1 Å². The predicted octanol–water partition coefficient (Wildman–Crippen LogP) is 4.16. The third-order valence-electron chi connectivity index (χ3n) is 7.11. The summed E-state index contributed by atoms with van der Waals surface area (Å²) in [5, 5.41) is 20.7. The lowest BCUT2D eigenvalue weighted by Crippen LogP contribution is -2.47. The van der Waals surface area contributed by atoms with Gasteiger partial charge in [0.05, 0.1) is 23.6 Å². The molecule has 0 bridgehead atoms. The number of aliphatic hydroxyl groups is 1. The number of fused-ring (bicyclic) bond motifs is 3. The maximum Gasteiger partial charge on any atom is 0.152 e. The van der Waals surface area contributed by atoms with E-state index in [2.05, 4.69) is 48.0 Å². The van der Waals surface area contributed by atoms with Crippen molar-refractivity contribution >= 4 is 5.70 Å². The molecule has 1 aliphatic carbocycles. The largest absolute Gasteiger partial charge is 0.490 e. The summed E-state index contributed by atoms with van der Waals surface area (Å²) in [6.07, 6.45) is 8.21. The Morgan fingerprint density at radius 1 is 1.26 bits per heavy atom. The topological polar surface area (TPSA) is 79.9 Å². The van der Waals surface area contributed by atoms with Gasteiger partial charge in [-0.1, -0.05) is 19.1 Å². The zero-order valence-corrected chi connectivity index (χ0v) is 19.7. The molecule has 1 aromatic heterocycles. The molecule has 2 atom stereocenters. The van der Waals surface area contributed by atoms with Crippen LogP contribution in [0, 0.1) is 17.2 Å². The van der Waals surface area contributed by atoms with E-state index in [0.717, 1.165) is 25.0 Å². The van der Waals surface area contributed by atoms with Crippen LogP contribution in [0.5, 0.6) is 5.75 Å². The predicted molar refractivity (Wildman–Crippen MR) is 128 cm³/mol. The number of aliphatic hydroxyl groups excluding tert-OH is 1. The molecule has 0 radical (unpaired) electrons. The number of hydrogen-bond donors (Lipinski definition) is 1. The SMILES string of the molecule is COCCOc1ccc(C(O)N2CCC3(CC2)OC2=C(CC(C)C=C2)n2cccc23)cc1C#N. The molecule has 7 heteroatoms. The lowest BCUT2D eigenvalue weighted by atomic mass is 9.85. The van der Waals surface area contributed by atoms with E-state index in [1.54, 1.807) is 19.2 Å². The van der Waals surface area contributed by atoms with Crippen LogP contribution in [0.15, 0.2) is 54.4 Å². The Morgan fingerprint density at radius 3 is 2.85 bits per heavy atom. The molecule has 34 heavy (non-hydrogen) atoms. The number of aromatic nitrogens is 1. The van der Waals surface area contributed by atoms with Gasteiger partial charge in [-0.25, -0.2) is 0 Å². The highest BCUT2D eigenvalue weighted by Crippen LogP contribution is 2.47. The molecule has 1 fully saturated rings. The fourth-order valence-corrected chi connectivity index (χ4v) is 5.24. The quantitative estimate of drug-likeness (QED) is 0.651. The average molecular weight is 462 g/mol. The third kappa shape index (κ3) is 4.03. The van der Waals surface area contributed by atoms with Crippen molar-refractivity contribution in [1.82, 2.24) is 9.47 Å². The van der Waals surface area contributed by atoms with Gasteiger partial charge in [0.25, 0.3) is 0 Å². The number of rotatable bonds is 6. The van der Waals surface area contributed by atoms with Crippen molar-refractivity contribution in [3.05, 3.63) is 71.3 Å². The van der Waals surface area contributed by atoms with Gasteiger partial charge in [-0.2, -0.15) is 5.26 Å². The number of hydrogen-bond acceptors (Lipinski definition) is 6. The van der Waals surface area contributed by atoms with Crippen LogP contribution in [0.2, 0.25) is 0 Å². The zero-order valence-electron chi connectivity index (χ0n) is 19.7. The van der Waals surface area contributed by atoms with Crippen LogP contribution in [-0.4, -0.2) is 48.0 Å². The Morgan fingerprint density at radius 2 is 2.09 bits per heavy atom. The number of ether oxygens (including phenoxy) is 3. The van der Waals surface area contributed by atoms with E-state index in [4.69, 9.17) is 14.2 Å². The van der Waals surface area contributed by atoms with Crippen molar-refractivity contribution in [3.8, 4) is 11.8 Å². The van der Waals surface area contributed by atoms with Crippen LogP contribution in [0.4, 0.5) is 0 Å². The van der Waals surface area contributed by atoms with Crippen LogP contribution < -0.4 is 4.74 Å². The maximum atomic E-state index is 11.1. The number of benzene rings is 1. The Balaban J connectivity index is 1.31. The first-order chi connectivity index (χ1) is 16.5. The van der Waals surface area contributed by atoms with Crippen molar-refractivity contribution in [2.75, 3.05) is 33.4 Å². The van der Waals surface area contributed by atoms with Crippen LogP contribution in [0.25, 0.3) is 5.70 Å². The van der Waals surface area contributed by atoms with Gasteiger partial charge < -0.3 is 23.9 Å². The standard InChI is InChI=1S/C27H31N3O4/c1-19-5-7-24-22(16-19)30-11-3-4-25(30)27(34-24)9-12-29(13-10-27)26(31)20-6-8-23(21(17-20)18-28)33-15-14-32-2/h3-8,11,17,19,26,31H,9-10,12-16H2,1-2H3. The summed E-state index contributed by atoms with van der Waals surface area (Å²) in [5.74, 6) is 1.97. The molecule has 1 aromatic carbocycles. The van der Waals surface area contributed by atoms with Crippen LogP contribution >= 0.6 is 0 Å². The Bertz CT molecular complexity index is 1150. The summed E-state index contributed by atoms with van der Waals surface area (Å²) < 4.78 is 19.6. The molecular formula is C27H31N3O4. The van der Waals surface area contributed by atoms with Gasteiger partial charge in [-0.3, -0.25) is 4.90 Å². The van der Waals surface area contributed by atoms with E-state index in [1.807, 2.05) is 11.0 Å². The Hall–Kier alpha value is -3.05. The molecule has 2 aromatic rings. The molecule has 7 nitrogen and oxygen atoms in total. The summed E-state index contributed by atoms with van der Waals surface area (Å²) in [6, 6.07) is 11.7. The van der Waals surface area contributed by atoms with Crippen molar-refractivity contribution < 1.29 is 19.3 Å². The highest BCUT2D eigenvalue weighted by Gasteiger charge is 2.45. The molecule has 1 N–H and O–H groups in total. The van der Waals surface area contributed by atoms with Gasteiger partial charge >= 0.3 is 0 Å². The zero-order chi connectivity index (χ0) is 23.7. The molecule has 0 saturated carbocycles. The Labute approximate surface area is 200 Å². The molecule has 1 saturated heterocycles. The highest BCUT2D eigenvalue weighted by atomic mass is 16.5. The summed E-state index contributed by atoms with van der Waals surface area (Å²) >= 11 is 0. The van der Waals surface area contributed by atoms with Gasteiger partial charge in [-0.05, 0) is 48.2 Å². The first-order valence-electron chi connectivity index (χ1n) is 11.9. The number of methoxy groups -OCH3 is 1. The number of nitrogens with zero attached hydrogens (tertiary/aromatic N) is 3. The van der Waals surface area contributed by atoms with Gasteiger partial charge in [-0.15, -0.1) is 0 Å². The molecular weight excluding hydrogens is 430 g/mol. The summed E-state index contributed by atoms with van der Waals surface area (Å²) in [7, 11) is 1.61. The van der Waals surface area contributed by atoms with Gasteiger partial charge in [0.2, 0.25) is 0 Å². The normalized spacial score (nSPS) is 22.0. The number of piperidine rings is 1. The lowest BCUT2D eigenvalue weighted by molar-refractivity contribution is -0.0959. The highest BCUT2D eigenvalue weighted by molar-refractivity contribution is 5.59.